The molecule has 170 valence electrons. The Morgan fingerprint density at radius 3 is 1.41 bits per heavy atom. The maximum Gasteiger partial charge on any atom is -1.00 e. The standard InChI is InChI=1S/2C14H11.C3H6.2ClH.Ti/c2*1-10-8-12-7-6-11-4-2-3-5-13(11)14(12)9-10;1-3-2;;;/h2*2-9H,1H3;1-2H3;2*1H;/q;;;;;+2/p-2. The van der Waals surface area contributed by atoms with E-state index in [0.717, 1.165) is 0 Å². The first kappa shape index (κ1) is 25.1. The third kappa shape index (κ3) is 3.77. The fourth-order valence-corrected chi connectivity index (χ4v) is 12.1. The monoisotopic (exact) mass is 518 g/mol. The van der Waals surface area contributed by atoms with E-state index in [-0.39, 0.29) is 24.8 Å². The zero-order valence-corrected chi connectivity index (χ0v) is 23.1. The molecular weight excluding hydrogens is 491 g/mol. The van der Waals surface area contributed by atoms with Gasteiger partial charge in [-0.25, -0.2) is 0 Å². The van der Waals surface area contributed by atoms with Crippen molar-refractivity contribution in [3.8, 4) is 0 Å². The molecule has 2 unspecified atom stereocenters. The van der Waals surface area contributed by atoms with Crippen LogP contribution in [0, 0.1) is 0 Å². The Morgan fingerprint density at radius 1 is 0.588 bits per heavy atom. The molecular formula is C31H28Cl2Ti. The van der Waals surface area contributed by atoms with Gasteiger partial charge in [0.05, 0.1) is 0 Å². The summed E-state index contributed by atoms with van der Waals surface area (Å²) in [6.07, 6.45) is 4.99. The maximum absolute atomic E-state index is 2.49. The Hall–Kier alpha value is -1.96. The molecule has 0 spiro atoms. The molecule has 0 radical (unpaired) electrons. The Kier molecular flexibility index (Phi) is 7.10. The summed E-state index contributed by atoms with van der Waals surface area (Å²) in [5, 5.41) is 5.51. The van der Waals surface area contributed by atoms with Gasteiger partial charge in [-0.2, -0.15) is 0 Å². The van der Waals surface area contributed by atoms with Gasteiger partial charge < -0.3 is 24.8 Å². The first-order chi connectivity index (χ1) is 15.5. The average molecular weight is 519 g/mol. The zero-order chi connectivity index (χ0) is 22.0. The third-order valence-electron chi connectivity index (χ3n) is 7.48. The SMILES string of the molecule is CC1=Cc2c(ccc3ccccc23)[CH]1[Ti+2](=[C](C)C)[CH]1C(C)=Cc2c1ccc1ccccc21.[Cl-].[Cl-]. The van der Waals surface area contributed by atoms with Gasteiger partial charge >= 0.3 is 197 Å². The second kappa shape index (κ2) is 9.59. The van der Waals surface area contributed by atoms with Crippen LogP contribution in [-0.4, -0.2) is 3.81 Å². The van der Waals surface area contributed by atoms with Gasteiger partial charge in [-0.1, -0.05) is 0 Å². The van der Waals surface area contributed by atoms with Crippen LogP contribution in [0.4, 0.5) is 0 Å². The van der Waals surface area contributed by atoms with E-state index in [2.05, 4.69) is 113 Å². The molecule has 6 rings (SSSR count). The summed E-state index contributed by atoms with van der Waals surface area (Å²) in [4.78, 5) is 0. The second-order valence-corrected chi connectivity index (χ2v) is 14.5. The van der Waals surface area contributed by atoms with Crippen molar-refractivity contribution in [2.75, 3.05) is 0 Å². The van der Waals surface area contributed by atoms with Crippen LogP contribution in [-0.2, 0) is 17.4 Å². The number of halogens is 2. The van der Waals surface area contributed by atoms with Crippen molar-refractivity contribution < 1.29 is 42.2 Å². The largest absolute Gasteiger partial charge is 1.00 e. The molecule has 0 aromatic heterocycles. The molecule has 2 aliphatic carbocycles. The molecule has 0 heterocycles. The topological polar surface area (TPSA) is 0 Å². The molecule has 2 aliphatic rings. The maximum atomic E-state index is 2.49. The molecule has 2 atom stereocenters. The molecule has 0 bridgehead atoms. The third-order valence-corrected chi connectivity index (χ3v) is 13.6. The molecule has 0 fully saturated rings. The minimum Gasteiger partial charge on any atom is -1.00 e. The predicted octanol–water partition coefficient (Wildman–Crippen LogP) is 2.45. The first-order valence-corrected chi connectivity index (χ1v) is 14.2. The van der Waals surface area contributed by atoms with Crippen molar-refractivity contribution in [1.82, 2.24) is 0 Å². The van der Waals surface area contributed by atoms with Crippen LogP contribution >= 0.6 is 0 Å². The number of hydrogen-bond donors (Lipinski definition) is 0. The Morgan fingerprint density at radius 2 is 1.00 bits per heavy atom. The molecule has 0 amide bonds. The van der Waals surface area contributed by atoms with Crippen molar-refractivity contribution >= 4 is 37.5 Å². The van der Waals surface area contributed by atoms with Gasteiger partial charge in [0.1, 0.15) is 0 Å². The van der Waals surface area contributed by atoms with Gasteiger partial charge in [-0.15, -0.1) is 0 Å². The summed E-state index contributed by atoms with van der Waals surface area (Å²) in [7, 11) is 0. The van der Waals surface area contributed by atoms with Crippen LogP contribution < -0.4 is 24.8 Å². The van der Waals surface area contributed by atoms with Crippen molar-refractivity contribution in [1.29, 1.82) is 0 Å². The molecule has 34 heavy (non-hydrogen) atoms. The van der Waals surface area contributed by atoms with E-state index in [1.54, 1.807) is 26.1 Å². The van der Waals surface area contributed by atoms with Crippen molar-refractivity contribution in [2.45, 2.75) is 36.1 Å². The van der Waals surface area contributed by atoms with Crippen molar-refractivity contribution in [3.63, 3.8) is 0 Å². The van der Waals surface area contributed by atoms with Gasteiger partial charge in [0, 0.05) is 0 Å². The van der Waals surface area contributed by atoms with Crippen LogP contribution in [0.1, 0.15) is 58.4 Å². The molecule has 4 aromatic carbocycles. The van der Waals surface area contributed by atoms with E-state index in [4.69, 9.17) is 0 Å². The number of rotatable bonds is 2. The van der Waals surface area contributed by atoms with Gasteiger partial charge in [-0.05, 0) is 0 Å². The normalized spacial score (nSPS) is 17.6. The molecule has 4 aromatic rings. The summed E-state index contributed by atoms with van der Waals surface area (Å²) in [6.45, 7) is 9.58. The molecule has 0 N–H and O–H groups in total. The quantitative estimate of drug-likeness (QED) is 0.357. The predicted molar refractivity (Wildman–Crippen MR) is 137 cm³/mol. The van der Waals surface area contributed by atoms with Crippen molar-refractivity contribution in [2.24, 2.45) is 0 Å². The average Bonchev–Trinajstić information content (AvgIpc) is 3.31. The first-order valence-electron chi connectivity index (χ1n) is 11.6. The number of hydrogen-bond acceptors (Lipinski definition) is 0. The summed E-state index contributed by atoms with van der Waals surface area (Å²) in [6, 6.07) is 27.3. The Labute approximate surface area is 220 Å². The van der Waals surface area contributed by atoms with Gasteiger partial charge in [0.25, 0.3) is 0 Å². The fourth-order valence-electron chi connectivity index (χ4n) is 6.13. The zero-order valence-electron chi connectivity index (χ0n) is 20.0. The van der Waals surface area contributed by atoms with Crippen molar-refractivity contribution in [3.05, 3.63) is 106 Å². The van der Waals surface area contributed by atoms with Crippen LogP contribution in [0.25, 0.3) is 33.7 Å². The molecule has 0 saturated carbocycles. The van der Waals surface area contributed by atoms with Gasteiger partial charge in [0.15, 0.2) is 0 Å². The smallest absolute Gasteiger partial charge is 1.00 e. The number of allylic oxidation sites excluding steroid dienone is 2. The minimum atomic E-state index is -1.75. The summed E-state index contributed by atoms with van der Waals surface area (Å²) in [5.41, 5.74) is 9.20. The van der Waals surface area contributed by atoms with Crippen LogP contribution in [0.5, 0.6) is 0 Å². The van der Waals surface area contributed by atoms with Crippen LogP contribution in [0.2, 0.25) is 0 Å². The van der Waals surface area contributed by atoms with E-state index in [9.17, 15) is 0 Å². The molecule has 0 nitrogen and oxygen atoms in total. The van der Waals surface area contributed by atoms with E-state index in [1.165, 1.54) is 32.7 Å². The number of fused-ring (bicyclic) bond motifs is 6. The summed E-state index contributed by atoms with van der Waals surface area (Å²) >= 11 is -1.75. The second-order valence-electron chi connectivity index (χ2n) is 9.68. The van der Waals surface area contributed by atoms with Crippen LogP contribution in [0.3, 0.4) is 0 Å². The van der Waals surface area contributed by atoms with E-state index < -0.39 is 17.4 Å². The number of benzene rings is 4. The van der Waals surface area contributed by atoms with Gasteiger partial charge in [-0.3, -0.25) is 0 Å². The minimum absolute atomic E-state index is 0. The van der Waals surface area contributed by atoms with Crippen LogP contribution in [0.15, 0.2) is 83.9 Å². The van der Waals surface area contributed by atoms with E-state index in [0.29, 0.717) is 8.45 Å². The van der Waals surface area contributed by atoms with E-state index >= 15 is 0 Å². The fraction of sp³-hybridized carbons (Fsp3) is 0.194. The van der Waals surface area contributed by atoms with E-state index in [1.807, 2.05) is 0 Å². The molecule has 0 saturated heterocycles. The summed E-state index contributed by atoms with van der Waals surface area (Å²) in [5.74, 6) is 0. The summed E-state index contributed by atoms with van der Waals surface area (Å²) < 4.78 is 2.86. The van der Waals surface area contributed by atoms with Gasteiger partial charge in [0.2, 0.25) is 0 Å². The molecule has 0 aliphatic heterocycles. The Bertz CT molecular complexity index is 1410. The molecule has 3 heteroatoms. The Balaban J connectivity index is 0.00000137.